The van der Waals surface area contributed by atoms with Crippen LogP contribution in [-0.2, 0) is 11.3 Å². The van der Waals surface area contributed by atoms with E-state index in [4.69, 9.17) is 0 Å². The van der Waals surface area contributed by atoms with Crippen LogP contribution in [0.25, 0.3) is 5.69 Å². The second-order valence-corrected chi connectivity index (χ2v) is 5.60. The molecule has 1 aliphatic rings. The van der Waals surface area contributed by atoms with Gasteiger partial charge < -0.3 is 5.32 Å². The average Bonchev–Trinajstić information content (AvgIpc) is 3.17. The molecule has 1 fully saturated rings. The fraction of sp³-hybridized carbons (Fsp3) is 0.286. The molecule has 104 valence electrons. The van der Waals surface area contributed by atoms with Crippen molar-refractivity contribution in [2.75, 3.05) is 11.6 Å². The number of hydrogen-bond acceptors (Lipinski definition) is 4. The summed E-state index contributed by atoms with van der Waals surface area (Å²) in [4.78, 5) is 12.0. The van der Waals surface area contributed by atoms with E-state index < -0.39 is 0 Å². The molecule has 1 amide bonds. The maximum absolute atomic E-state index is 12.0. The molecule has 1 aliphatic heterocycles. The van der Waals surface area contributed by atoms with Crippen LogP contribution in [0.3, 0.4) is 0 Å². The second kappa shape index (κ2) is 6.11. The highest BCUT2D eigenvalue weighted by atomic mass is 32.2. The lowest BCUT2D eigenvalue weighted by Crippen LogP contribution is -2.41. The van der Waals surface area contributed by atoms with Crippen LogP contribution in [0.2, 0.25) is 0 Å². The fourth-order valence-electron chi connectivity index (χ4n) is 2.16. The third-order valence-electron chi connectivity index (χ3n) is 3.23. The molecule has 0 radical (unpaired) electrons. The number of nitrogens with one attached hydrogen (secondary N) is 2. The van der Waals surface area contributed by atoms with Gasteiger partial charge in [0.05, 0.1) is 11.7 Å². The summed E-state index contributed by atoms with van der Waals surface area (Å²) in [5.41, 5.74) is 2.04. The highest BCUT2D eigenvalue weighted by molar-refractivity contribution is 7.99. The number of para-hydroxylation sites is 1. The minimum Gasteiger partial charge on any atom is -0.351 e. The van der Waals surface area contributed by atoms with Crippen LogP contribution in [0.1, 0.15) is 5.56 Å². The summed E-state index contributed by atoms with van der Waals surface area (Å²) in [6.45, 7) is 0.512. The van der Waals surface area contributed by atoms with Crippen molar-refractivity contribution in [3.8, 4) is 5.69 Å². The fourth-order valence-corrected chi connectivity index (χ4v) is 3.11. The van der Waals surface area contributed by atoms with Gasteiger partial charge >= 0.3 is 0 Å². The predicted octanol–water partition coefficient (Wildman–Crippen LogP) is 1.15. The van der Waals surface area contributed by atoms with Gasteiger partial charge in [-0.15, -0.1) is 11.8 Å². The van der Waals surface area contributed by atoms with Crippen molar-refractivity contribution in [3.63, 3.8) is 0 Å². The van der Waals surface area contributed by atoms with Gasteiger partial charge in [0, 0.05) is 30.6 Å². The Morgan fingerprint density at radius 1 is 1.45 bits per heavy atom. The van der Waals surface area contributed by atoms with E-state index in [-0.39, 0.29) is 11.9 Å². The van der Waals surface area contributed by atoms with Gasteiger partial charge in [-0.05, 0) is 17.7 Å². The van der Waals surface area contributed by atoms with Crippen LogP contribution >= 0.6 is 11.8 Å². The van der Waals surface area contributed by atoms with Crippen molar-refractivity contribution in [2.24, 2.45) is 0 Å². The summed E-state index contributed by atoms with van der Waals surface area (Å²) >= 11 is 1.75. The summed E-state index contributed by atoms with van der Waals surface area (Å²) in [5.74, 6) is 1.75. The minimum absolute atomic E-state index is 0.0604. The smallest absolute Gasteiger partial charge is 0.238 e. The molecule has 1 aromatic heterocycles. The predicted molar refractivity (Wildman–Crippen MR) is 79.7 cm³/mol. The van der Waals surface area contributed by atoms with Gasteiger partial charge in [-0.3, -0.25) is 10.1 Å². The lowest BCUT2D eigenvalue weighted by Gasteiger charge is -2.13. The van der Waals surface area contributed by atoms with E-state index in [0.717, 1.165) is 22.9 Å². The summed E-state index contributed by atoms with van der Waals surface area (Å²) in [5, 5.41) is 10.4. The largest absolute Gasteiger partial charge is 0.351 e. The number of nitrogens with zero attached hydrogens (tertiary/aromatic N) is 2. The third kappa shape index (κ3) is 2.86. The third-order valence-corrected chi connectivity index (χ3v) is 4.17. The molecule has 20 heavy (non-hydrogen) atoms. The van der Waals surface area contributed by atoms with Crippen LogP contribution < -0.4 is 10.6 Å². The molecule has 5 nitrogen and oxygen atoms in total. The Morgan fingerprint density at radius 2 is 2.35 bits per heavy atom. The molecular weight excluding hydrogens is 272 g/mol. The van der Waals surface area contributed by atoms with Gasteiger partial charge in [0.15, 0.2) is 0 Å². The molecule has 2 aromatic rings. The number of amides is 1. The van der Waals surface area contributed by atoms with Crippen LogP contribution in [-0.4, -0.2) is 33.4 Å². The number of aromatic nitrogens is 2. The molecule has 0 aliphatic carbocycles. The normalized spacial score (nSPS) is 18.1. The van der Waals surface area contributed by atoms with Crippen molar-refractivity contribution >= 4 is 17.7 Å². The summed E-state index contributed by atoms with van der Waals surface area (Å²) in [7, 11) is 0. The Bertz CT molecular complexity index is 579. The standard InChI is InChI=1S/C14H16N4OS/c19-14(12-9-20-10-16-12)15-8-11-4-1-2-5-13(11)18-7-3-6-17-18/h1-7,12,16H,8-10H2,(H,15,19). The molecule has 2 N–H and O–H groups in total. The zero-order valence-corrected chi connectivity index (χ0v) is 11.8. The molecule has 1 aromatic carbocycles. The summed E-state index contributed by atoms with van der Waals surface area (Å²) in [6, 6.07) is 9.76. The maximum Gasteiger partial charge on any atom is 0.238 e. The number of carbonyl (C=O) groups excluding carboxylic acids is 1. The topological polar surface area (TPSA) is 59.0 Å². The molecular formula is C14H16N4OS. The second-order valence-electron chi connectivity index (χ2n) is 4.57. The first-order chi connectivity index (χ1) is 9.84. The highest BCUT2D eigenvalue weighted by Gasteiger charge is 2.22. The Labute approximate surface area is 121 Å². The number of carbonyl (C=O) groups is 1. The SMILES string of the molecule is O=C(NCc1ccccc1-n1cccn1)C1CSCN1. The van der Waals surface area contributed by atoms with Crippen molar-refractivity contribution in [2.45, 2.75) is 12.6 Å². The van der Waals surface area contributed by atoms with Gasteiger partial charge in [0.2, 0.25) is 5.91 Å². The number of thioether (sulfide) groups is 1. The zero-order chi connectivity index (χ0) is 13.8. The van der Waals surface area contributed by atoms with E-state index in [2.05, 4.69) is 15.7 Å². The molecule has 0 saturated carbocycles. The first-order valence-corrected chi connectivity index (χ1v) is 7.67. The van der Waals surface area contributed by atoms with Crippen molar-refractivity contribution in [3.05, 3.63) is 48.3 Å². The molecule has 3 rings (SSSR count). The maximum atomic E-state index is 12.0. The van der Waals surface area contributed by atoms with Crippen LogP contribution in [0.4, 0.5) is 0 Å². The van der Waals surface area contributed by atoms with E-state index >= 15 is 0 Å². The van der Waals surface area contributed by atoms with Gasteiger partial charge in [0.1, 0.15) is 0 Å². The molecule has 6 heteroatoms. The number of benzene rings is 1. The van der Waals surface area contributed by atoms with E-state index in [1.807, 2.05) is 41.2 Å². The Balaban J connectivity index is 1.70. The Kier molecular flexibility index (Phi) is 4.03. The lowest BCUT2D eigenvalue weighted by atomic mass is 10.1. The molecule has 1 atom stereocenters. The average molecular weight is 288 g/mol. The summed E-state index contributed by atoms with van der Waals surface area (Å²) < 4.78 is 1.81. The van der Waals surface area contributed by atoms with Crippen molar-refractivity contribution < 1.29 is 4.79 Å². The van der Waals surface area contributed by atoms with Gasteiger partial charge in [-0.25, -0.2) is 4.68 Å². The minimum atomic E-state index is -0.0723. The van der Waals surface area contributed by atoms with Crippen molar-refractivity contribution in [1.82, 2.24) is 20.4 Å². The Morgan fingerprint density at radius 3 is 3.10 bits per heavy atom. The number of hydrogen-bond donors (Lipinski definition) is 2. The molecule has 2 heterocycles. The lowest BCUT2D eigenvalue weighted by molar-refractivity contribution is -0.122. The first-order valence-electron chi connectivity index (χ1n) is 6.51. The van der Waals surface area contributed by atoms with Crippen molar-refractivity contribution in [1.29, 1.82) is 0 Å². The first kappa shape index (κ1) is 13.2. The molecule has 1 unspecified atom stereocenters. The molecule has 1 saturated heterocycles. The highest BCUT2D eigenvalue weighted by Crippen LogP contribution is 2.14. The van der Waals surface area contributed by atoms with E-state index in [1.165, 1.54) is 0 Å². The molecule has 0 bridgehead atoms. The van der Waals surface area contributed by atoms with Gasteiger partial charge in [-0.2, -0.15) is 5.10 Å². The van der Waals surface area contributed by atoms with E-state index in [9.17, 15) is 4.79 Å². The zero-order valence-electron chi connectivity index (χ0n) is 11.0. The van der Waals surface area contributed by atoms with E-state index in [1.54, 1.807) is 18.0 Å². The van der Waals surface area contributed by atoms with Gasteiger partial charge in [0.25, 0.3) is 0 Å². The Hall–Kier alpha value is -1.79. The van der Waals surface area contributed by atoms with Crippen LogP contribution in [0.15, 0.2) is 42.7 Å². The van der Waals surface area contributed by atoms with Gasteiger partial charge in [-0.1, -0.05) is 18.2 Å². The quantitative estimate of drug-likeness (QED) is 0.886. The summed E-state index contributed by atoms with van der Waals surface area (Å²) in [6.07, 6.45) is 3.64. The van der Waals surface area contributed by atoms with Crippen LogP contribution in [0.5, 0.6) is 0 Å². The van der Waals surface area contributed by atoms with E-state index in [0.29, 0.717) is 6.54 Å². The molecule has 0 spiro atoms. The van der Waals surface area contributed by atoms with Crippen LogP contribution in [0, 0.1) is 0 Å². The number of rotatable bonds is 4. The monoisotopic (exact) mass is 288 g/mol.